The van der Waals surface area contributed by atoms with Gasteiger partial charge in [-0.15, -0.1) is 10.2 Å². The number of carbonyl (C=O) groups is 1. The number of carbonyl (C=O) groups excluding carboxylic acids is 1. The second-order valence-corrected chi connectivity index (χ2v) is 7.09. The smallest absolute Gasteiger partial charge is 0.234 e. The number of aromatic nitrogens is 4. The van der Waals surface area contributed by atoms with Crippen LogP contribution in [0.2, 0.25) is 0 Å². The second kappa shape index (κ2) is 8.22. The van der Waals surface area contributed by atoms with Crippen LogP contribution < -0.4 is 5.32 Å². The van der Waals surface area contributed by atoms with E-state index < -0.39 is 0 Å². The van der Waals surface area contributed by atoms with Crippen molar-refractivity contribution in [3.05, 3.63) is 67.0 Å². The van der Waals surface area contributed by atoms with Crippen LogP contribution in [0.15, 0.2) is 72.1 Å². The molecular weight excluding hydrogens is 370 g/mol. The molecule has 0 unspecified atom stereocenters. The van der Waals surface area contributed by atoms with Crippen molar-refractivity contribution < 1.29 is 4.79 Å². The molecule has 1 amide bonds. The molecule has 4 aromatic rings. The van der Waals surface area contributed by atoms with E-state index in [4.69, 9.17) is 0 Å². The number of hydrogen-bond acceptors (Lipinski definition) is 5. The summed E-state index contributed by atoms with van der Waals surface area (Å²) in [4.78, 5) is 16.5. The summed E-state index contributed by atoms with van der Waals surface area (Å²) in [5.74, 6) is 0.969. The maximum Gasteiger partial charge on any atom is 0.234 e. The van der Waals surface area contributed by atoms with Crippen molar-refractivity contribution >= 4 is 34.1 Å². The molecule has 0 bridgehead atoms. The highest BCUT2D eigenvalue weighted by Gasteiger charge is 2.15. The van der Waals surface area contributed by atoms with Gasteiger partial charge < -0.3 is 9.88 Å². The number of nitrogens with zero attached hydrogens (tertiary/aromatic N) is 4. The lowest BCUT2D eigenvalue weighted by Gasteiger charge is -2.09. The number of benzene rings is 2. The highest BCUT2D eigenvalue weighted by Crippen LogP contribution is 2.25. The molecule has 0 atom stereocenters. The molecule has 4 rings (SSSR count). The number of hydrogen-bond donors (Lipinski definition) is 1. The van der Waals surface area contributed by atoms with Crippen LogP contribution >= 0.6 is 11.8 Å². The third-order valence-electron chi connectivity index (χ3n) is 4.37. The van der Waals surface area contributed by atoms with Crippen LogP contribution in [0.4, 0.5) is 5.69 Å². The number of fused-ring (bicyclic) bond motifs is 1. The van der Waals surface area contributed by atoms with Gasteiger partial charge in [0.25, 0.3) is 0 Å². The van der Waals surface area contributed by atoms with E-state index >= 15 is 0 Å². The Balaban J connectivity index is 1.47. The lowest BCUT2D eigenvalue weighted by atomic mass is 10.1. The maximum atomic E-state index is 12.5. The summed E-state index contributed by atoms with van der Waals surface area (Å²) in [6, 6.07) is 17.7. The van der Waals surface area contributed by atoms with E-state index in [1.807, 2.05) is 66.1 Å². The van der Waals surface area contributed by atoms with E-state index in [0.29, 0.717) is 0 Å². The predicted octanol–water partition coefficient (Wildman–Crippen LogP) is 4.24. The largest absolute Gasteiger partial charge is 0.325 e. The molecule has 0 saturated carbocycles. The molecule has 28 heavy (non-hydrogen) atoms. The summed E-state index contributed by atoms with van der Waals surface area (Å²) in [5.41, 5.74) is 1.77. The fraction of sp³-hybridized carbons (Fsp3) is 0.143. The first kappa shape index (κ1) is 18.2. The van der Waals surface area contributed by atoms with Gasteiger partial charge in [0.05, 0.1) is 5.75 Å². The maximum absolute atomic E-state index is 12.5. The second-order valence-electron chi connectivity index (χ2n) is 6.15. The average Bonchev–Trinajstić information content (AvgIpc) is 3.16. The molecular formula is C21H19N5OS. The summed E-state index contributed by atoms with van der Waals surface area (Å²) in [7, 11) is 0. The van der Waals surface area contributed by atoms with Crippen LogP contribution in [0.1, 0.15) is 6.92 Å². The standard InChI is InChI=1S/C21H19N5OS/c1-2-26-20(16-10-12-22-13-11-16)24-25-21(26)28-14-19(27)23-18-9-5-7-15-6-3-4-8-17(15)18/h3-13H,2,14H2,1H3,(H,23,27). The van der Waals surface area contributed by atoms with Gasteiger partial charge in [-0.05, 0) is 30.5 Å². The van der Waals surface area contributed by atoms with Crippen LogP contribution in [0.3, 0.4) is 0 Å². The minimum absolute atomic E-state index is 0.0718. The Bertz CT molecular complexity index is 1100. The first-order valence-electron chi connectivity index (χ1n) is 9.00. The van der Waals surface area contributed by atoms with Gasteiger partial charge >= 0.3 is 0 Å². The van der Waals surface area contributed by atoms with Crippen LogP contribution in [0, 0.1) is 0 Å². The molecule has 6 nitrogen and oxygen atoms in total. The molecule has 2 aromatic carbocycles. The normalized spacial score (nSPS) is 10.9. The Labute approximate surface area is 167 Å². The van der Waals surface area contributed by atoms with Crippen molar-refractivity contribution in [2.45, 2.75) is 18.6 Å². The molecule has 7 heteroatoms. The number of nitrogens with one attached hydrogen (secondary N) is 1. The Hall–Kier alpha value is -3.19. The van der Waals surface area contributed by atoms with Gasteiger partial charge in [0.2, 0.25) is 5.91 Å². The van der Waals surface area contributed by atoms with Crippen LogP contribution in [0.5, 0.6) is 0 Å². The Morgan fingerprint density at radius 1 is 1.04 bits per heavy atom. The van der Waals surface area contributed by atoms with Crippen molar-refractivity contribution in [3.63, 3.8) is 0 Å². The van der Waals surface area contributed by atoms with E-state index in [1.165, 1.54) is 11.8 Å². The van der Waals surface area contributed by atoms with Gasteiger partial charge in [0.15, 0.2) is 11.0 Å². The molecule has 2 aromatic heterocycles. The summed E-state index contributed by atoms with van der Waals surface area (Å²) in [6.45, 7) is 2.76. The van der Waals surface area contributed by atoms with E-state index in [0.717, 1.165) is 39.5 Å². The Morgan fingerprint density at radius 3 is 2.64 bits per heavy atom. The Kier molecular flexibility index (Phi) is 5.34. The zero-order valence-electron chi connectivity index (χ0n) is 15.4. The molecule has 1 N–H and O–H groups in total. The number of pyridine rings is 1. The average molecular weight is 389 g/mol. The summed E-state index contributed by atoms with van der Waals surface area (Å²) in [6.07, 6.45) is 3.46. The molecule has 0 radical (unpaired) electrons. The number of rotatable bonds is 6. The topological polar surface area (TPSA) is 72.7 Å². The third kappa shape index (κ3) is 3.75. The SMILES string of the molecule is CCn1c(SCC(=O)Nc2cccc3ccccc23)nnc1-c1ccncc1. The van der Waals surface area contributed by atoms with Crippen LogP contribution in [-0.4, -0.2) is 31.4 Å². The fourth-order valence-electron chi connectivity index (χ4n) is 3.05. The lowest BCUT2D eigenvalue weighted by Crippen LogP contribution is -2.15. The highest BCUT2D eigenvalue weighted by molar-refractivity contribution is 7.99. The van der Waals surface area contributed by atoms with Gasteiger partial charge in [-0.1, -0.05) is 48.2 Å². The molecule has 2 heterocycles. The van der Waals surface area contributed by atoms with E-state index in [2.05, 4.69) is 20.5 Å². The van der Waals surface area contributed by atoms with Crippen molar-refractivity contribution in [3.8, 4) is 11.4 Å². The van der Waals surface area contributed by atoms with Gasteiger partial charge in [-0.3, -0.25) is 9.78 Å². The monoisotopic (exact) mass is 389 g/mol. The van der Waals surface area contributed by atoms with Gasteiger partial charge in [0, 0.05) is 35.6 Å². The van der Waals surface area contributed by atoms with Crippen LogP contribution in [-0.2, 0) is 11.3 Å². The zero-order chi connectivity index (χ0) is 19.3. The van der Waals surface area contributed by atoms with E-state index in [1.54, 1.807) is 12.4 Å². The molecule has 0 aliphatic carbocycles. The first-order chi connectivity index (χ1) is 13.8. The molecule has 0 saturated heterocycles. The predicted molar refractivity (Wildman–Crippen MR) is 112 cm³/mol. The number of thioether (sulfide) groups is 1. The molecule has 140 valence electrons. The fourth-order valence-corrected chi connectivity index (χ4v) is 3.85. The number of anilines is 1. The number of amides is 1. The van der Waals surface area contributed by atoms with Crippen LogP contribution in [0.25, 0.3) is 22.2 Å². The van der Waals surface area contributed by atoms with Gasteiger partial charge in [-0.2, -0.15) is 0 Å². The molecule has 0 spiro atoms. The Morgan fingerprint density at radius 2 is 1.82 bits per heavy atom. The minimum atomic E-state index is -0.0718. The third-order valence-corrected chi connectivity index (χ3v) is 5.33. The summed E-state index contributed by atoms with van der Waals surface area (Å²) < 4.78 is 2.01. The minimum Gasteiger partial charge on any atom is -0.325 e. The van der Waals surface area contributed by atoms with Crippen molar-refractivity contribution in [1.82, 2.24) is 19.7 Å². The van der Waals surface area contributed by atoms with Crippen molar-refractivity contribution in [1.29, 1.82) is 0 Å². The summed E-state index contributed by atoms with van der Waals surface area (Å²) in [5, 5.41) is 14.4. The van der Waals surface area contributed by atoms with E-state index in [9.17, 15) is 4.79 Å². The molecule has 0 fully saturated rings. The highest BCUT2D eigenvalue weighted by atomic mass is 32.2. The lowest BCUT2D eigenvalue weighted by molar-refractivity contribution is -0.113. The zero-order valence-corrected chi connectivity index (χ0v) is 16.2. The van der Waals surface area contributed by atoms with Gasteiger partial charge in [-0.25, -0.2) is 0 Å². The molecule has 0 aliphatic heterocycles. The van der Waals surface area contributed by atoms with Crippen molar-refractivity contribution in [2.24, 2.45) is 0 Å². The van der Waals surface area contributed by atoms with Gasteiger partial charge in [0.1, 0.15) is 0 Å². The molecule has 0 aliphatic rings. The van der Waals surface area contributed by atoms with Crippen molar-refractivity contribution in [2.75, 3.05) is 11.1 Å². The quantitative estimate of drug-likeness (QED) is 0.499. The van der Waals surface area contributed by atoms with E-state index in [-0.39, 0.29) is 11.7 Å². The first-order valence-corrected chi connectivity index (χ1v) is 9.99. The summed E-state index contributed by atoms with van der Waals surface area (Å²) >= 11 is 1.38.